The van der Waals surface area contributed by atoms with Crippen molar-refractivity contribution in [2.75, 3.05) is 0 Å². The van der Waals surface area contributed by atoms with Gasteiger partial charge in [-0.3, -0.25) is 9.59 Å². The normalized spacial score (nSPS) is 12.3. The number of hydrogen-bond donors (Lipinski definition) is 2. The van der Waals surface area contributed by atoms with Crippen LogP contribution in [-0.4, -0.2) is 22.9 Å². The Bertz CT molecular complexity index is 266. The molecule has 0 aromatic rings. The number of Topliss-reactive ketones (excluding diaryl/α,β-unsaturated/α-hetero) is 1. The molecule has 0 spiro atoms. The van der Waals surface area contributed by atoms with Gasteiger partial charge in [-0.05, 0) is 12.8 Å². The highest BCUT2D eigenvalue weighted by molar-refractivity contribution is 5.84. The zero-order valence-electron chi connectivity index (χ0n) is 12.9. The van der Waals surface area contributed by atoms with Gasteiger partial charge >= 0.3 is 5.97 Å². The van der Waals surface area contributed by atoms with Gasteiger partial charge in [-0.15, -0.1) is 0 Å². The van der Waals surface area contributed by atoms with Crippen molar-refractivity contribution in [3.63, 3.8) is 0 Å². The van der Waals surface area contributed by atoms with E-state index in [1.54, 1.807) is 0 Å². The molecule has 0 rings (SSSR count). The van der Waals surface area contributed by atoms with E-state index in [9.17, 15) is 9.59 Å². The molecule has 0 aromatic carbocycles. The van der Waals surface area contributed by atoms with Crippen molar-refractivity contribution in [2.24, 2.45) is 5.73 Å². The molecule has 0 aliphatic heterocycles. The van der Waals surface area contributed by atoms with Crippen molar-refractivity contribution in [2.45, 2.75) is 90.0 Å². The molecular weight excluding hydrogens is 254 g/mol. The lowest BCUT2D eigenvalue weighted by molar-refractivity contribution is -0.137. The SMILES string of the molecule is CCCCCCCCCCCC(=O)C(N)CCC(=O)O. The Labute approximate surface area is 123 Å². The fourth-order valence-corrected chi connectivity index (χ4v) is 2.24. The zero-order valence-corrected chi connectivity index (χ0v) is 12.9. The van der Waals surface area contributed by atoms with E-state index in [1.165, 1.54) is 44.9 Å². The van der Waals surface area contributed by atoms with Crippen LogP contribution in [0, 0.1) is 0 Å². The molecule has 118 valence electrons. The molecular formula is C16H31NO3. The zero-order chi connectivity index (χ0) is 15.2. The van der Waals surface area contributed by atoms with Crippen molar-refractivity contribution in [1.82, 2.24) is 0 Å². The van der Waals surface area contributed by atoms with Crippen LogP contribution in [0.2, 0.25) is 0 Å². The molecule has 0 fully saturated rings. The monoisotopic (exact) mass is 285 g/mol. The average molecular weight is 285 g/mol. The fourth-order valence-electron chi connectivity index (χ4n) is 2.24. The molecule has 0 aliphatic rings. The summed E-state index contributed by atoms with van der Waals surface area (Å²) in [4.78, 5) is 22.0. The second-order valence-corrected chi connectivity index (χ2v) is 5.58. The van der Waals surface area contributed by atoms with Gasteiger partial charge in [-0.2, -0.15) is 0 Å². The molecule has 1 atom stereocenters. The molecule has 0 aromatic heterocycles. The minimum atomic E-state index is -0.892. The lowest BCUT2D eigenvalue weighted by Gasteiger charge is -2.08. The van der Waals surface area contributed by atoms with Crippen LogP contribution >= 0.6 is 0 Å². The van der Waals surface area contributed by atoms with E-state index in [0.29, 0.717) is 6.42 Å². The minimum absolute atomic E-state index is 0.00851. The Balaban J connectivity index is 3.36. The number of nitrogens with two attached hydrogens (primary N) is 1. The number of ketones is 1. The summed E-state index contributed by atoms with van der Waals surface area (Å²) >= 11 is 0. The van der Waals surface area contributed by atoms with E-state index in [0.717, 1.165) is 12.8 Å². The molecule has 0 aliphatic carbocycles. The number of rotatable bonds is 14. The Morgan fingerprint density at radius 2 is 1.40 bits per heavy atom. The quantitative estimate of drug-likeness (QED) is 0.477. The summed E-state index contributed by atoms with van der Waals surface area (Å²) in [6.07, 6.45) is 11.7. The van der Waals surface area contributed by atoms with E-state index in [2.05, 4.69) is 6.92 Å². The first-order valence-electron chi connectivity index (χ1n) is 8.08. The Morgan fingerprint density at radius 3 is 1.90 bits per heavy atom. The van der Waals surface area contributed by atoms with Crippen LogP contribution in [0.4, 0.5) is 0 Å². The van der Waals surface area contributed by atoms with Crippen molar-refractivity contribution in [1.29, 1.82) is 0 Å². The number of carbonyl (C=O) groups excluding carboxylic acids is 1. The van der Waals surface area contributed by atoms with E-state index in [4.69, 9.17) is 10.8 Å². The van der Waals surface area contributed by atoms with Crippen molar-refractivity contribution >= 4 is 11.8 Å². The van der Waals surface area contributed by atoms with Crippen molar-refractivity contribution in [3.8, 4) is 0 Å². The third kappa shape index (κ3) is 12.2. The molecule has 0 saturated heterocycles. The number of hydrogen-bond acceptors (Lipinski definition) is 3. The van der Waals surface area contributed by atoms with E-state index in [-0.39, 0.29) is 18.6 Å². The lowest BCUT2D eigenvalue weighted by Crippen LogP contribution is -2.30. The van der Waals surface area contributed by atoms with Crippen LogP contribution in [0.1, 0.15) is 84.0 Å². The summed E-state index contributed by atoms with van der Waals surface area (Å²) in [5.74, 6) is -0.884. The van der Waals surface area contributed by atoms with E-state index in [1.807, 2.05) is 0 Å². The van der Waals surface area contributed by atoms with Gasteiger partial charge in [0.25, 0.3) is 0 Å². The molecule has 20 heavy (non-hydrogen) atoms. The van der Waals surface area contributed by atoms with Crippen molar-refractivity contribution < 1.29 is 14.7 Å². The van der Waals surface area contributed by atoms with Gasteiger partial charge in [-0.25, -0.2) is 0 Å². The van der Waals surface area contributed by atoms with Gasteiger partial charge in [0.2, 0.25) is 0 Å². The minimum Gasteiger partial charge on any atom is -0.481 e. The molecule has 0 saturated carbocycles. The van der Waals surface area contributed by atoms with Gasteiger partial charge in [0.1, 0.15) is 5.78 Å². The summed E-state index contributed by atoms with van der Waals surface area (Å²) in [7, 11) is 0. The topological polar surface area (TPSA) is 80.4 Å². The molecule has 4 heteroatoms. The Kier molecular flexibility index (Phi) is 12.5. The highest BCUT2D eigenvalue weighted by Crippen LogP contribution is 2.11. The van der Waals surface area contributed by atoms with Gasteiger partial charge in [0.05, 0.1) is 6.04 Å². The van der Waals surface area contributed by atoms with Crippen molar-refractivity contribution in [3.05, 3.63) is 0 Å². The van der Waals surface area contributed by atoms with Gasteiger partial charge in [0.15, 0.2) is 0 Å². The number of carboxylic acids is 1. The molecule has 3 N–H and O–H groups in total. The summed E-state index contributed by atoms with van der Waals surface area (Å²) in [6, 6.07) is -0.597. The maximum absolute atomic E-state index is 11.6. The lowest BCUT2D eigenvalue weighted by atomic mass is 10.0. The van der Waals surface area contributed by atoms with E-state index < -0.39 is 12.0 Å². The molecule has 0 radical (unpaired) electrons. The summed E-state index contributed by atoms with van der Waals surface area (Å²) in [6.45, 7) is 2.22. The summed E-state index contributed by atoms with van der Waals surface area (Å²) in [5.41, 5.74) is 5.66. The maximum atomic E-state index is 11.6. The Morgan fingerprint density at radius 1 is 0.900 bits per heavy atom. The van der Waals surface area contributed by atoms with Gasteiger partial charge in [0, 0.05) is 12.8 Å². The predicted molar refractivity (Wildman–Crippen MR) is 81.7 cm³/mol. The Hall–Kier alpha value is -0.900. The van der Waals surface area contributed by atoms with Crippen LogP contribution in [0.3, 0.4) is 0 Å². The smallest absolute Gasteiger partial charge is 0.303 e. The van der Waals surface area contributed by atoms with Crippen LogP contribution < -0.4 is 5.73 Å². The van der Waals surface area contributed by atoms with Gasteiger partial charge < -0.3 is 10.8 Å². The number of carbonyl (C=O) groups is 2. The standard InChI is InChI=1S/C16H31NO3/c1-2-3-4-5-6-7-8-9-10-11-15(18)14(17)12-13-16(19)20/h14H,2-13,17H2,1H3,(H,19,20). The first-order valence-corrected chi connectivity index (χ1v) is 8.08. The number of aliphatic carboxylic acids is 1. The second kappa shape index (κ2) is 13.1. The largest absolute Gasteiger partial charge is 0.481 e. The van der Waals surface area contributed by atoms with Gasteiger partial charge in [-0.1, -0.05) is 58.3 Å². The third-order valence-electron chi connectivity index (χ3n) is 3.61. The molecule has 4 nitrogen and oxygen atoms in total. The average Bonchev–Trinajstić information content (AvgIpc) is 2.42. The third-order valence-corrected chi connectivity index (χ3v) is 3.61. The number of carboxylic acid groups (broad SMARTS) is 1. The first kappa shape index (κ1) is 19.1. The molecule has 0 amide bonds. The van der Waals surface area contributed by atoms with Crippen LogP contribution in [0.5, 0.6) is 0 Å². The van der Waals surface area contributed by atoms with Crippen LogP contribution in [0.15, 0.2) is 0 Å². The fraction of sp³-hybridized carbons (Fsp3) is 0.875. The number of unbranched alkanes of at least 4 members (excludes halogenated alkanes) is 8. The summed E-state index contributed by atoms with van der Waals surface area (Å²) in [5, 5.41) is 8.53. The van der Waals surface area contributed by atoms with Crippen LogP contribution in [-0.2, 0) is 9.59 Å². The van der Waals surface area contributed by atoms with Crippen LogP contribution in [0.25, 0.3) is 0 Å². The highest BCUT2D eigenvalue weighted by Gasteiger charge is 2.14. The second-order valence-electron chi connectivity index (χ2n) is 5.58. The van der Waals surface area contributed by atoms with E-state index >= 15 is 0 Å². The first-order chi connectivity index (χ1) is 9.57. The molecule has 0 bridgehead atoms. The predicted octanol–water partition coefficient (Wildman–Crippen LogP) is 3.67. The maximum Gasteiger partial charge on any atom is 0.303 e. The highest BCUT2D eigenvalue weighted by atomic mass is 16.4. The summed E-state index contributed by atoms with van der Waals surface area (Å²) < 4.78 is 0. The molecule has 0 heterocycles. The molecule has 1 unspecified atom stereocenters.